The van der Waals surface area contributed by atoms with Crippen molar-refractivity contribution >= 4 is 29.4 Å². The molecule has 6 heteroatoms. The van der Waals surface area contributed by atoms with Crippen LogP contribution in [0.15, 0.2) is 54.6 Å². The molecule has 0 bridgehead atoms. The van der Waals surface area contributed by atoms with Gasteiger partial charge >= 0.3 is 0 Å². The highest BCUT2D eigenvalue weighted by molar-refractivity contribution is 6.14. The molecule has 0 N–H and O–H groups in total. The Hall–Kier alpha value is -3.25. The van der Waals surface area contributed by atoms with Gasteiger partial charge in [-0.2, -0.15) is 0 Å². The van der Waals surface area contributed by atoms with E-state index in [1.54, 1.807) is 7.11 Å². The molecule has 164 valence electrons. The van der Waals surface area contributed by atoms with Crippen molar-refractivity contribution in [3.63, 3.8) is 0 Å². The Balaban J connectivity index is 1.58. The summed E-state index contributed by atoms with van der Waals surface area (Å²) in [6.45, 7) is 2.76. The number of imide groups is 1. The molecule has 3 aliphatic heterocycles. The summed E-state index contributed by atoms with van der Waals surface area (Å²) in [5.74, 6) is -1.81. The van der Waals surface area contributed by atoms with Crippen LogP contribution in [0.4, 0.5) is 5.69 Å². The molecule has 0 aromatic heterocycles. The molecule has 0 unspecified atom stereocenters. The fourth-order valence-electron chi connectivity index (χ4n) is 5.35. The quantitative estimate of drug-likeness (QED) is 0.400. The van der Waals surface area contributed by atoms with Crippen LogP contribution in [-0.2, 0) is 14.3 Å². The zero-order chi connectivity index (χ0) is 22.4. The van der Waals surface area contributed by atoms with E-state index in [1.165, 1.54) is 4.90 Å². The van der Waals surface area contributed by atoms with Gasteiger partial charge in [0, 0.05) is 31.5 Å². The van der Waals surface area contributed by atoms with Crippen molar-refractivity contribution in [1.29, 1.82) is 0 Å². The normalized spacial score (nSPS) is 25.7. The molecule has 2 amide bonds. The number of para-hydroxylation sites is 1. The smallest absolute Gasteiger partial charge is 0.235 e. The van der Waals surface area contributed by atoms with Crippen LogP contribution in [0.2, 0.25) is 0 Å². The maximum atomic E-state index is 13.8. The van der Waals surface area contributed by atoms with Gasteiger partial charge < -0.3 is 9.64 Å². The number of Topliss-reactive ketones (excluding diaryl/α,β-unsaturated/α-hetero) is 1. The molecule has 2 aromatic carbocycles. The largest absolute Gasteiger partial charge is 0.385 e. The second-order valence-corrected chi connectivity index (χ2v) is 8.72. The van der Waals surface area contributed by atoms with Crippen molar-refractivity contribution in [2.45, 2.75) is 25.4 Å². The van der Waals surface area contributed by atoms with Crippen LogP contribution in [0, 0.1) is 18.8 Å². The third-order valence-corrected chi connectivity index (χ3v) is 6.84. The summed E-state index contributed by atoms with van der Waals surface area (Å²) in [6, 6.07) is 14.2. The third kappa shape index (κ3) is 3.09. The number of fused-ring (bicyclic) bond motifs is 5. The Labute approximate surface area is 187 Å². The lowest BCUT2D eigenvalue weighted by Crippen LogP contribution is -2.48. The van der Waals surface area contributed by atoms with Crippen LogP contribution in [0.3, 0.4) is 0 Å². The van der Waals surface area contributed by atoms with Gasteiger partial charge in [0.15, 0.2) is 5.78 Å². The topological polar surface area (TPSA) is 66.9 Å². The third-order valence-electron chi connectivity index (χ3n) is 6.84. The lowest BCUT2D eigenvalue weighted by atomic mass is 9.86. The Kier molecular flexibility index (Phi) is 5.18. The Morgan fingerprint density at radius 1 is 1.00 bits per heavy atom. The van der Waals surface area contributed by atoms with Gasteiger partial charge in [0.2, 0.25) is 11.8 Å². The average molecular weight is 431 g/mol. The number of ether oxygens (including phenoxy) is 1. The first-order valence-corrected chi connectivity index (χ1v) is 11.0. The summed E-state index contributed by atoms with van der Waals surface area (Å²) in [7, 11) is 1.60. The van der Waals surface area contributed by atoms with Crippen molar-refractivity contribution in [1.82, 2.24) is 4.90 Å². The maximum absolute atomic E-state index is 13.8. The number of hydrogen-bond acceptors (Lipinski definition) is 5. The van der Waals surface area contributed by atoms with E-state index in [1.807, 2.05) is 72.5 Å². The lowest BCUT2D eigenvalue weighted by molar-refractivity contribution is -0.140. The Morgan fingerprint density at radius 3 is 2.47 bits per heavy atom. The van der Waals surface area contributed by atoms with E-state index in [9.17, 15) is 14.4 Å². The summed E-state index contributed by atoms with van der Waals surface area (Å²) in [6.07, 6.45) is 4.56. The van der Waals surface area contributed by atoms with Crippen LogP contribution >= 0.6 is 0 Å². The first-order chi connectivity index (χ1) is 15.5. The Bertz CT molecular complexity index is 1110. The molecule has 32 heavy (non-hydrogen) atoms. The molecule has 2 aromatic rings. The van der Waals surface area contributed by atoms with Crippen LogP contribution in [0.1, 0.15) is 27.9 Å². The molecular weight excluding hydrogens is 404 g/mol. The lowest BCUT2D eigenvalue weighted by Gasteiger charge is -2.36. The van der Waals surface area contributed by atoms with Crippen molar-refractivity contribution in [2.75, 3.05) is 25.2 Å². The van der Waals surface area contributed by atoms with Crippen molar-refractivity contribution in [3.8, 4) is 0 Å². The summed E-state index contributed by atoms with van der Waals surface area (Å²) in [5.41, 5.74) is 3.50. The second kappa shape index (κ2) is 8.02. The van der Waals surface area contributed by atoms with Gasteiger partial charge in [0.25, 0.3) is 0 Å². The highest BCUT2D eigenvalue weighted by Crippen LogP contribution is 2.49. The SMILES string of the molecule is COCCCN1C(=O)[C@@H]2[C@H](C1=O)[C@@H](C(=O)c1ccc(C)cc1)N1c3ccccc3C=C[C@H]21. The predicted octanol–water partition coefficient (Wildman–Crippen LogP) is 3.10. The first-order valence-electron chi connectivity index (χ1n) is 11.0. The molecule has 3 aliphatic rings. The minimum atomic E-state index is -0.720. The number of likely N-dealkylation sites (tertiary alicyclic amines) is 1. The van der Waals surface area contributed by atoms with E-state index in [0.29, 0.717) is 25.1 Å². The number of benzene rings is 2. The first kappa shape index (κ1) is 20.6. The van der Waals surface area contributed by atoms with Gasteiger partial charge in [-0.25, -0.2) is 0 Å². The van der Waals surface area contributed by atoms with Gasteiger partial charge in [-0.3, -0.25) is 19.3 Å². The number of aryl methyl sites for hydroxylation is 1. The fourth-order valence-corrected chi connectivity index (χ4v) is 5.35. The molecule has 2 fully saturated rings. The standard InChI is InChI=1S/C26H26N2O4/c1-16-8-10-18(11-9-16)24(29)23-22-21(25(30)27(26(22)31)14-5-15-32-2)20-13-12-17-6-3-4-7-19(17)28(20)23/h3-4,6-13,20-23H,5,14-15H2,1-2H3/t20-,21+,22+,23+/m1/s1. The number of ketones is 1. The molecule has 5 rings (SSSR count). The number of rotatable bonds is 6. The predicted molar refractivity (Wildman–Crippen MR) is 121 cm³/mol. The highest BCUT2D eigenvalue weighted by atomic mass is 16.5. The zero-order valence-electron chi connectivity index (χ0n) is 18.2. The molecule has 0 radical (unpaired) electrons. The minimum Gasteiger partial charge on any atom is -0.385 e. The number of anilines is 1. The van der Waals surface area contributed by atoms with E-state index in [0.717, 1.165) is 16.8 Å². The van der Waals surface area contributed by atoms with E-state index < -0.39 is 17.9 Å². The van der Waals surface area contributed by atoms with E-state index >= 15 is 0 Å². The van der Waals surface area contributed by atoms with Gasteiger partial charge in [-0.15, -0.1) is 0 Å². The molecule has 4 atom stereocenters. The fraction of sp³-hybridized carbons (Fsp3) is 0.346. The number of carbonyl (C=O) groups excluding carboxylic acids is 3. The molecule has 6 nitrogen and oxygen atoms in total. The van der Waals surface area contributed by atoms with E-state index in [-0.39, 0.29) is 23.6 Å². The minimum absolute atomic E-state index is 0.118. The average Bonchev–Trinajstić information content (AvgIpc) is 3.28. The maximum Gasteiger partial charge on any atom is 0.235 e. The highest BCUT2D eigenvalue weighted by Gasteiger charge is 2.63. The van der Waals surface area contributed by atoms with Crippen LogP contribution in [0.5, 0.6) is 0 Å². The summed E-state index contributed by atoms with van der Waals surface area (Å²) >= 11 is 0. The van der Waals surface area contributed by atoms with E-state index in [2.05, 4.69) is 0 Å². The number of methoxy groups -OCH3 is 1. The van der Waals surface area contributed by atoms with E-state index in [4.69, 9.17) is 4.74 Å². The zero-order valence-corrected chi connectivity index (χ0v) is 18.2. The van der Waals surface area contributed by atoms with Crippen molar-refractivity contribution in [2.24, 2.45) is 11.8 Å². The molecule has 2 saturated heterocycles. The van der Waals surface area contributed by atoms with Crippen LogP contribution < -0.4 is 4.90 Å². The Morgan fingerprint density at radius 2 is 1.72 bits per heavy atom. The van der Waals surface area contributed by atoms with Crippen molar-refractivity contribution in [3.05, 3.63) is 71.3 Å². The summed E-state index contributed by atoms with van der Waals surface area (Å²) in [4.78, 5) is 44.1. The molecule has 0 aliphatic carbocycles. The summed E-state index contributed by atoms with van der Waals surface area (Å²) < 4.78 is 5.10. The van der Waals surface area contributed by atoms with Crippen molar-refractivity contribution < 1.29 is 19.1 Å². The molecule has 3 heterocycles. The molecular formula is C26H26N2O4. The van der Waals surface area contributed by atoms with Gasteiger partial charge in [0.1, 0.15) is 6.04 Å². The van der Waals surface area contributed by atoms with Gasteiger partial charge in [0.05, 0.1) is 17.9 Å². The van der Waals surface area contributed by atoms with Crippen LogP contribution in [-0.4, -0.2) is 54.8 Å². The monoisotopic (exact) mass is 430 g/mol. The second-order valence-electron chi connectivity index (χ2n) is 8.72. The van der Waals surface area contributed by atoms with Gasteiger partial charge in [-0.1, -0.05) is 60.2 Å². The van der Waals surface area contributed by atoms with Gasteiger partial charge in [-0.05, 0) is 25.0 Å². The molecule has 0 saturated carbocycles. The number of nitrogens with zero attached hydrogens (tertiary/aromatic N) is 2. The number of amides is 2. The number of carbonyl (C=O) groups is 3. The number of hydrogen-bond donors (Lipinski definition) is 0. The molecule has 0 spiro atoms. The van der Waals surface area contributed by atoms with Crippen LogP contribution in [0.25, 0.3) is 6.08 Å². The summed E-state index contributed by atoms with van der Waals surface area (Å²) in [5, 5.41) is 0.